The number of fused-ring (bicyclic) bond motifs is 1. The molecule has 2 aliphatic rings. The second-order valence-electron chi connectivity index (χ2n) is 7.53. The zero-order chi connectivity index (χ0) is 19.6. The zero-order valence-electron chi connectivity index (χ0n) is 15.9. The molecule has 1 aliphatic carbocycles. The first kappa shape index (κ1) is 17.6. The number of nitrogens with zero attached hydrogens (tertiary/aromatic N) is 7. The fourth-order valence-corrected chi connectivity index (χ4v) is 5.24. The van der Waals surface area contributed by atoms with Gasteiger partial charge in [-0.3, -0.25) is 0 Å². The van der Waals surface area contributed by atoms with Crippen molar-refractivity contribution in [2.45, 2.75) is 43.5 Å². The van der Waals surface area contributed by atoms with E-state index in [4.69, 9.17) is 4.52 Å². The maximum atomic E-state index is 13.0. The van der Waals surface area contributed by atoms with E-state index in [0.717, 1.165) is 30.1 Å². The SMILES string of the molecule is Cc1noc(C)c1S(=O)(=O)N(C)C1CN(c2ccc3nnc(C4CC4)n3n2)C1. The summed E-state index contributed by atoms with van der Waals surface area (Å²) >= 11 is 0. The molecule has 0 unspecified atom stereocenters. The van der Waals surface area contributed by atoms with Gasteiger partial charge in [0.15, 0.2) is 17.2 Å². The van der Waals surface area contributed by atoms with Gasteiger partial charge in [-0.15, -0.1) is 15.3 Å². The van der Waals surface area contributed by atoms with Crippen LogP contribution in [0, 0.1) is 13.8 Å². The number of aromatic nitrogens is 5. The van der Waals surface area contributed by atoms with Gasteiger partial charge >= 0.3 is 0 Å². The molecule has 0 radical (unpaired) electrons. The van der Waals surface area contributed by atoms with Gasteiger partial charge in [-0.2, -0.15) is 8.82 Å². The van der Waals surface area contributed by atoms with Crippen LogP contribution >= 0.6 is 0 Å². The minimum atomic E-state index is -3.65. The van der Waals surface area contributed by atoms with E-state index in [1.54, 1.807) is 20.9 Å². The summed E-state index contributed by atoms with van der Waals surface area (Å²) in [6, 6.07) is 3.67. The van der Waals surface area contributed by atoms with Crippen LogP contribution in [0.15, 0.2) is 21.6 Å². The highest BCUT2D eigenvalue weighted by molar-refractivity contribution is 7.89. The molecule has 5 rings (SSSR count). The number of rotatable bonds is 5. The van der Waals surface area contributed by atoms with Crippen molar-refractivity contribution < 1.29 is 12.9 Å². The molecule has 1 saturated heterocycles. The van der Waals surface area contributed by atoms with Gasteiger partial charge in [0.25, 0.3) is 0 Å². The van der Waals surface area contributed by atoms with Crippen molar-refractivity contribution in [2.75, 3.05) is 25.0 Å². The van der Waals surface area contributed by atoms with Crippen LogP contribution < -0.4 is 4.90 Å². The van der Waals surface area contributed by atoms with Crippen LogP contribution in [0.2, 0.25) is 0 Å². The summed E-state index contributed by atoms with van der Waals surface area (Å²) in [6.45, 7) is 4.39. The molecule has 3 aromatic rings. The number of hydrogen-bond acceptors (Lipinski definition) is 8. The van der Waals surface area contributed by atoms with Gasteiger partial charge in [0.05, 0.1) is 6.04 Å². The second-order valence-corrected chi connectivity index (χ2v) is 9.46. The van der Waals surface area contributed by atoms with Crippen molar-refractivity contribution in [1.29, 1.82) is 0 Å². The first-order valence-electron chi connectivity index (χ1n) is 9.24. The number of aryl methyl sites for hydroxylation is 2. The van der Waals surface area contributed by atoms with E-state index in [0.29, 0.717) is 30.5 Å². The van der Waals surface area contributed by atoms with Gasteiger partial charge < -0.3 is 9.42 Å². The van der Waals surface area contributed by atoms with E-state index < -0.39 is 10.0 Å². The molecular weight excluding hydrogens is 382 g/mol. The summed E-state index contributed by atoms with van der Waals surface area (Å²) in [5, 5.41) is 16.9. The first-order valence-corrected chi connectivity index (χ1v) is 10.7. The van der Waals surface area contributed by atoms with E-state index in [-0.39, 0.29) is 10.9 Å². The zero-order valence-corrected chi connectivity index (χ0v) is 16.7. The molecule has 148 valence electrons. The Morgan fingerprint density at radius 1 is 1.18 bits per heavy atom. The normalized spacial score (nSPS) is 18.2. The van der Waals surface area contributed by atoms with Crippen LogP contribution in [0.1, 0.15) is 36.0 Å². The molecule has 1 saturated carbocycles. The summed E-state index contributed by atoms with van der Waals surface area (Å²) in [5.74, 6) is 2.47. The highest BCUT2D eigenvalue weighted by Crippen LogP contribution is 2.39. The molecule has 0 atom stereocenters. The minimum Gasteiger partial charge on any atom is -0.360 e. The first-order chi connectivity index (χ1) is 13.4. The van der Waals surface area contributed by atoms with Crippen molar-refractivity contribution in [2.24, 2.45) is 0 Å². The van der Waals surface area contributed by atoms with E-state index in [2.05, 4.69) is 25.4 Å². The highest BCUT2D eigenvalue weighted by Gasteiger charge is 2.39. The Labute approximate surface area is 162 Å². The lowest BCUT2D eigenvalue weighted by molar-refractivity contribution is 0.308. The lowest BCUT2D eigenvalue weighted by Gasteiger charge is -2.43. The van der Waals surface area contributed by atoms with Crippen LogP contribution in [0.4, 0.5) is 5.82 Å². The third-order valence-corrected chi connectivity index (χ3v) is 7.68. The predicted molar refractivity (Wildman–Crippen MR) is 99.7 cm³/mol. The third-order valence-electron chi connectivity index (χ3n) is 5.52. The summed E-state index contributed by atoms with van der Waals surface area (Å²) in [4.78, 5) is 2.21. The van der Waals surface area contributed by atoms with Crippen LogP contribution in [-0.4, -0.2) is 63.9 Å². The monoisotopic (exact) mass is 403 g/mol. The fraction of sp³-hybridized carbons (Fsp3) is 0.529. The predicted octanol–water partition coefficient (Wildman–Crippen LogP) is 1.12. The molecule has 0 bridgehead atoms. The summed E-state index contributed by atoms with van der Waals surface area (Å²) < 4.78 is 34.1. The maximum absolute atomic E-state index is 13.0. The van der Waals surface area contributed by atoms with E-state index >= 15 is 0 Å². The molecule has 0 spiro atoms. The molecule has 0 aromatic carbocycles. The molecule has 1 aliphatic heterocycles. The topological polar surface area (TPSA) is 110 Å². The Kier molecular flexibility index (Phi) is 3.75. The van der Waals surface area contributed by atoms with E-state index in [1.807, 2.05) is 16.6 Å². The molecule has 0 amide bonds. The van der Waals surface area contributed by atoms with Crippen molar-refractivity contribution in [3.63, 3.8) is 0 Å². The van der Waals surface area contributed by atoms with Gasteiger partial charge in [-0.25, -0.2) is 8.42 Å². The number of anilines is 1. The van der Waals surface area contributed by atoms with E-state index in [9.17, 15) is 8.42 Å². The number of sulfonamides is 1. The van der Waals surface area contributed by atoms with Gasteiger partial charge in [-0.05, 0) is 38.8 Å². The lowest BCUT2D eigenvalue weighted by atomic mass is 10.1. The number of hydrogen-bond donors (Lipinski definition) is 0. The Hall–Kier alpha value is -2.53. The lowest BCUT2D eigenvalue weighted by Crippen LogP contribution is -2.60. The van der Waals surface area contributed by atoms with Crippen molar-refractivity contribution in [1.82, 2.24) is 29.3 Å². The molecule has 11 heteroatoms. The second kappa shape index (κ2) is 5.98. The fourth-order valence-electron chi connectivity index (χ4n) is 3.62. The summed E-state index contributed by atoms with van der Waals surface area (Å²) in [7, 11) is -2.05. The van der Waals surface area contributed by atoms with Gasteiger partial charge in [0.2, 0.25) is 10.0 Å². The van der Waals surface area contributed by atoms with Crippen LogP contribution in [0.3, 0.4) is 0 Å². The standard InChI is InChI=1S/C17H21N7O3S/c1-10-16(11(2)27-21-10)28(25,26)22(3)13-8-23(9-13)15-7-6-14-18-19-17(12-4-5-12)24(14)20-15/h6-7,12-13H,4-5,8-9H2,1-3H3. The Balaban J connectivity index is 1.34. The van der Waals surface area contributed by atoms with E-state index in [1.165, 1.54) is 4.31 Å². The van der Waals surface area contributed by atoms with Gasteiger partial charge in [0, 0.05) is 26.1 Å². The minimum absolute atomic E-state index is 0.139. The number of likely N-dealkylation sites (N-methyl/N-ethyl adjacent to an activating group) is 1. The largest absolute Gasteiger partial charge is 0.360 e. The van der Waals surface area contributed by atoms with Crippen LogP contribution in [-0.2, 0) is 10.0 Å². The molecular formula is C17H21N7O3S. The van der Waals surface area contributed by atoms with Crippen LogP contribution in [0.5, 0.6) is 0 Å². The highest BCUT2D eigenvalue weighted by atomic mass is 32.2. The van der Waals surface area contributed by atoms with Gasteiger partial charge in [0.1, 0.15) is 16.4 Å². The van der Waals surface area contributed by atoms with Gasteiger partial charge in [-0.1, -0.05) is 5.16 Å². The Bertz CT molecular complexity index is 1140. The smallest absolute Gasteiger partial charge is 0.248 e. The molecule has 2 fully saturated rings. The van der Waals surface area contributed by atoms with Crippen molar-refractivity contribution in [3.8, 4) is 0 Å². The molecule has 10 nitrogen and oxygen atoms in total. The molecule has 3 aromatic heterocycles. The summed E-state index contributed by atoms with van der Waals surface area (Å²) in [6.07, 6.45) is 2.26. The maximum Gasteiger partial charge on any atom is 0.248 e. The molecule has 28 heavy (non-hydrogen) atoms. The Morgan fingerprint density at radius 2 is 1.93 bits per heavy atom. The average Bonchev–Trinajstić information content (AvgIpc) is 3.28. The van der Waals surface area contributed by atoms with Crippen molar-refractivity contribution in [3.05, 3.63) is 29.4 Å². The quantitative estimate of drug-likeness (QED) is 0.623. The van der Waals surface area contributed by atoms with Crippen LogP contribution in [0.25, 0.3) is 5.65 Å². The Morgan fingerprint density at radius 3 is 2.57 bits per heavy atom. The average molecular weight is 403 g/mol. The van der Waals surface area contributed by atoms with Crippen molar-refractivity contribution >= 4 is 21.5 Å². The molecule has 4 heterocycles. The molecule has 0 N–H and O–H groups in total. The third kappa shape index (κ3) is 2.60. The summed E-state index contributed by atoms with van der Waals surface area (Å²) in [5.41, 5.74) is 1.12.